The Morgan fingerprint density at radius 1 is 1.33 bits per heavy atom. The maximum atomic E-state index is 10.1. The zero-order valence-electron chi connectivity index (χ0n) is 10.3. The highest BCUT2D eigenvalue weighted by molar-refractivity contribution is 7.08. The van der Waals surface area contributed by atoms with Gasteiger partial charge < -0.3 is 10.1 Å². The summed E-state index contributed by atoms with van der Waals surface area (Å²) in [5, 5.41) is 15.2. The third kappa shape index (κ3) is 1.83. The van der Waals surface area contributed by atoms with Gasteiger partial charge in [-0.15, -0.1) is 0 Å². The summed E-state index contributed by atoms with van der Waals surface area (Å²) in [6, 6.07) is 5.97. The summed E-state index contributed by atoms with van der Waals surface area (Å²) < 4.78 is 0. The van der Waals surface area contributed by atoms with E-state index in [0.717, 1.165) is 27.9 Å². The number of pyridine rings is 1. The summed E-state index contributed by atoms with van der Waals surface area (Å²) in [6.07, 6.45) is 1.79. The van der Waals surface area contributed by atoms with Crippen molar-refractivity contribution in [3.63, 3.8) is 0 Å². The summed E-state index contributed by atoms with van der Waals surface area (Å²) in [7, 11) is 0. The van der Waals surface area contributed by atoms with Crippen LogP contribution in [0.4, 0.5) is 0 Å². The van der Waals surface area contributed by atoms with E-state index in [0.29, 0.717) is 0 Å². The minimum atomic E-state index is -0.870. The SMILES string of the molecule is CC(C)(O)c1cc2c(-c3ccsc3)nccc2[nH]1. The predicted octanol–water partition coefficient (Wildman–Crippen LogP) is 3.52. The number of H-pyrrole nitrogens is 1. The fourth-order valence-electron chi connectivity index (χ4n) is 2.01. The molecule has 4 heteroatoms. The van der Waals surface area contributed by atoms with E-state index in [4.69, 9.17) is 0 Å². The van der Waals surface area contributed by atoms with Gasteiger partial charge in [-0.1, -0.05) is 0 Å². The van der Waals surface area contributed by atoms with Crippen LogP contribution in [0.25, 0.3) is 22.2 Å². The van der Waals surface area contributed by atoms with Crippen LogP contribution in [0.15, 0.2) is 35.2 Å². The summed E-state index contributed by atoms with van der Waals surface area (Å²) in [4.78, 5) is 7.70. The molecule has 3 rings (SSSR count). The molecule has 0 radical (unpaired) electrons. The first-order chi connectivity index (χ1) is 8.55. The first kappa shape index (κ1) is 11.4. The van der Waals surface area contributed by atoms with Crippen LogP contribution in [0.1, 0.15) is 19.5 Å². The van der Waals surface area contributed by atoms with E-state index in [2.05, 4.69) is 21.4 Å². The van der Waals surface area contributed by atoms with Crippen LogP contribution in [0.5, 0.6) is 0 Å². The van der Waals surface area contributed by atoms with Crippen LogP contribution in [0, 0.1) is 0 Å². The molecule has 3 heterocycles. The molecule has 0 atom stereocenters. The molecule has 3 aromatic rings. The Balaban J connectivity index is 2.25. The van der Waals surface area contributed by atoms with Crippen LogP contribution < -0.4 is 0 Å². The number of aliphatic hydroxyl groups is 1. The molecule has 0 aliphatic carbocycles. The quantitative estimate of drug-likeness (QED) is 0.739. The van der Waals surface area contributed by atoms with Crippen molar-refractivity contribution >= 4 is 22.2 Å². The molecule has 18 heavy (non-hydrogen) atoms. The number of nitrogens with zero attached hydrogens (tertiary/aromatic N) is 1. The second kappa shape index (κ2) is 3.93. The van der Waals surface area contributed by atoms with E-state index in [9.17, 15) is 5.11 Å². The molecule has 0 saturated heterocycles. The van der Waals surface area contributed by atoms with Crippen molar-refractivity contribution in [2.24, 2.45) is 0 Å². The Labute approximate surface area is 109 Å². The smallest absolute Gasteiger partial charge is 0.0987 e. The third-order valence-corrected chi connectivity index (χ3v) is 3.69. The molecule has 2 N–H and O–H groups in total. The van der Waals surface area contributed by atoms with Crippen molar-refractivity contribution in [2.75, 3.05) is 0 Å². The second-order valence-electron chi connectivity index (χ2n) is 4.87. The number of fused-ring (bicyclic) bond motifs is 1. The first-order valence-electron chi connectivity index (χ1n) is 5.79. The molecule has 0 saturated carbocycles. The van der Waals surface area contributed by atoms with Crippen molar-refractivity contribution in [3.05, 3.63) is 40.8 Å². The Morgan fingerprint density at radius 2 is 2.17 bits per heavy atom. The maximum absolute atomic E-state index is 10.1. The molecule has 92 valence electrons. The summed E-state index contributed by atoms with van der Waals surface area (Å²) >= 11 is 1.66. The van der Waals surface area contributed by atoms with Crippen LogP contribution in [-0.2, 0) is 5.60 Å². The number of nitrogens with one attached hydrogen (secondary N) is 1. The average molecular weight is 258 g/mol. The molecular formula is C14H14N2OS. The van der Waals surface area contributed by atoms with Crippen LogP contribution in [0.2, 0.25) is 0 Å². The molecule has 0 unspecified atom stereocenters. The van der Waals surface area contributed by atoms with Crippen molar-refractivity contribution < 1.29 is 5.11 Å². The zero-order valence-corrected chi connectivity index (χ0v) is 11.1. The summed E-state index contributed by atoms with van der Waals surface area (Å²) in [6.45, 7) is 3.55. The highest BCUT2D eigenvalue weighted by atomic mass is 32.1. The van der Waals surface area contributed by atoms with Crippen molar-refractivity contribution in [3.8, 4) is 11.3 Å². The summed E-state index contributed by atoms with van der Waals surface area (Å²) in [5.74, 6) is 0. The minimum Gasteiger partial charge on any atom is -0.384 e. The van der Waals surface area contributed by atoms with Crippen molar-refractivity contribution in [2.45, 2.75) is 19.4 Å². The monoisotopic (exact) mass is 258 g/mol. The van der Waals surface area contributed by atoms with Crippen LogP contribution >= 0.6 is 11.3 Å². The Morgan fingerprint density at radius 3 is 2.83 bits per heavy atom. The van der Waals surface area contributed by atoms with Gasteiger partial charge in [-0.2, -0.15) is 11.3 Å². The third-order valence-electron chi connectivity index (χ3n) is 3.00. The fraction of sp³-hybridized carbons (Fsp3) is 0.214. The molecule has 0 amide bonds. The summed E-state index contributed by atoms with van der Waals surface area (Å²) in [5.41, 5.74) is 3.02. The van der Waals surface area contributed by atoms with Crippen LogP contribution in [0.3, 0.4) is 0 Å². The fourth-order valence-corrected chi connectivity index (χ4v) is 2.65. The number of hydrogen-bond donors (Lipinski definition) is 2. The molecular weight excluding hydrogens is 244 g/mol. The lowest BCUT2D eigenvalue weighted by molar-refractivity contribution is 0.0747. The normalized spacial score (nSPS) is 12.2. The highest BCUT2D eigenvalue weighted by Crippen LogP contribution is 2.31. The van der Waals surface area contributed by atoms with Crippen LogP contribution in [-0.4, -0.2) is 15.1 Å². The lowest BCUT2D eigenvalue weighted by Crippen LogP contribution is -2.15. The van der Waals surface area contributed by atoms with Gasteiger partial charge in [-0.3, -0.25) is 4.98 Å². The largest absolute Gasteiger partial charge is 0.384 e. The van der Waals surface area contributed by atoms with Gasteiger partial charge in [0.1, 0.15) is 0 Å². The Kier molecular flexibility index (Phi) is 2.50. The molecule has 0 spiro atoms. The van der Waals surface area contributed by atoms with Gasteiger partial charge in [-0.05, 0) is 37.4 Å². The standard InChI is InChI=1S/C14H14N2OS/c1-14(2,17)12-7-10-11(16-12)3-5-15-13(10)9-4-6-18-8-9/h3-8,16-17H,1-2H3. The second-order valence-corrected chi connectivity index (χ2v) is 5.65. The van der Waals surface area contributed by atoms with Gasteiger partial charge in [0.25, 0.3) is 0 Å². The van der Waals surface area contributed by atoms with Gasteiger partial charge in [-0.25, -0.2) is 0 Å². The Bertz CT molecular complexity index is 677. The number of hydrogen-bond acceptors (Lipinski definition) is 3. The number of aromatic amines is 1. The molecule has 0 aliphatic rings. The van der Waals surface area contributed by atoms with Gasteiger partial charge in [0, 0.05) is 33.7 Å². The highest BCUT2D eigenvalue weighted by Gasteiger charge is 2.19. The topological polar surface area (TPSA) is 48.9 Å². The minimum absolute atomic E-state index is 0.807. The van der Waals surface area contributed by atoms with E-state index in [1.807, 2.05) is 17.5 Å². The number of rotatable bonds is 2. The average Bonchev–Trinajstić information content (AvgIpc) is 2.96. The van der Waals surface area contributed by atoms with Gasteiger partial charge >= 0.3 is 0 Å². The lowest BCUT2D eigenvalue weighted by Gasteiger charge is -2.14. The number of thiophene rings is 1. The van der Waals surface area contributed by atoms with E-state index >= 15 is 0 Å². The molecule has 3 nitrogen and oxygen atoms in total. The molecule has 0 aliphatic heterocycles. The van der Waals surface area contributed by atoms with Gasteiger partial charge in [0.05, 0.1) is 11.3 Å². The van der Waals surface area contributed by atoms with E-state index < -0.39 is 5.60 Å². The van der Waals surface area contributed by atoms with Gasteiger partial charge in [0.15, 0.2) is 0 Å². The Hall–Kier alpha value is -1.65. The van der Waals surface area contributed by atoms with E-state index in [1.165, 1.54) is 0 Å². The van der Waals surface area contributed by atoms with Crippen molar-refractivity contribution in [1.82, 2.24) is 9.97 Å². The molecule has 0 fully saturated rings. The zero-order chi connectivity index (χ0) is 12.8. The maximum Gasteiger partial charge on any atom is 0.0987 e. The lowest BCUT2D eigenvalue weighted by atomic mass is 10.1. The van der Waals surface area contributed by atoms with E-state index in [1.54, 1.807) is 31.4 Å². The molecule has 3 aromatic heterocycles. The molecule has 0 aromatic carbocycles. The first-order valence-corrected chi connectivity index (χ1v) is 6.73. The predicted molar refractivity (Wildman–Crippen MR) is 74.7 cm³/mol. The number of aromatic nitrogens is 2. The van der Waals surface area contributed by atoms with Crippen molar-refractivity contribution in [1.29, 1.82) is 0 Å². The van der Waals surface area contributed by atoms with Gasteiger partial charge in [0.2, 0.25) is 0 Å². The molecule has 0 bridgehead atoms. The van der Waals surface area contributed by atoms with E-state index in [-0.39, 0.29) is 0 Å².